The van der Waals surface area contributed by atoms with Gasteiger partial charge in [0, 0.05) is 337 Å². The second-order valence-electron chi connectivity index (χ2n) is 17.1. The molecule has 136 heavy (non-hydrogen) atoms. The summed E-state index contributed by atoms with van der Waals surface area (Å²) < 4.78 is 550. The molecule has 2 saturated carbocycles. The van der Waals surface area contributed by atoms with Gasteiger partial charge in [-0.25, -0.2) is 14.8 Å². The van der Waals surface area contributed by atoms with Crippen LogP contribution in [0, 0.1) is 19.4 Å². The Morgan fingerprint density at radius 3 is 0.882 bits per heavy atom. The van der Waals surface area contributed by atoms with E-state index in [9.17, 15) is 14.4 Å². The maximum absolute atomic E-state index is 13.0. The van der Waals surface area contributed by atoms with Crippen LogP contribution in [0.3, 0.4) is 0 Å². The van der Waals surface area contributed by atoms with Gasteiger partial charge in [-0.2, -0.15) is 15.5 Å². The third-order valence-electron chi connectivity index (χ3n) is 10.8. The van der Waals surface area contributed by atoms with Gasteiger partial charge in [0.1, 0.15) is 33.8 Å². The molecule has 0 radical (unpaired) electrons. The van der Waals surface area contributed by atoms with E-state index in [0.29, 0.717) is 75.9 Å². The Bertz CT molecular complexity index is 3330. The SMILES string of the molecule is C.Cc1ccc(-c2noc(C3(N)CC3)n2)cc1NC(=O)c1cnc2ccccn12.Cc1ccc(-c2noc(C3(NC(=O)OC(C)(C)C)CC3)n2)cc1NC(=O)c1cnc2ccccn12.F.FF.FF.FF.FF.FF.FF.FF.FF.FF.FF.FF.FF.FF.FF.FF.FF.FF.FF.FF.FF.FF.FF.FF.FF.FF.FF.FF.FF.FF.FF.FF.FF.FF.N=NN=NCl. The fourth-order valence-corrected chi connectivity index (χ4v) is 6.86. The van der Waals surface area contributed by atoms with Crippen LogP contribution in [0.25, 0.3) is 34.1 Å². The monoisotopic (exact) mass is 2230 g/mol. The first kappa shape index (κ1) is 203. The van der Waals surface area contributed by atoms with Crippen molar-refractivity contribution >= 4 is 52.4 Å². The molecule has 22 nitrogen and oxygen atoms in total. The zero-order chi connectivity index (χ0) is 114. The molecule has 0 saturated heterocycles. The molecule has 10 rings (SSSR count). The highest BCUT2D eigenvalue weighted by atomic mass is 35.5. The number of benzene rings is 2. The first-order valence-corrected chi connectivity index (χ1v) is 26.2. The standard InChI is InChI=1S/C25H26N6O4.C20H18N6O2.CH4.ClHN4.33F2.FH/c1-15-8-9-16(13-17(15)27-21(32)18-14-26-19-7-5-6-12-31(18)19)20-28-22(35-30-20)25(10-11-25)29-23(33)34-24(2,3)4;1-12-5-6-13(17-24-19(28-25-17)20(21)7-8-20)10-14(12)23-18(27)15-11-22-16-4-2-3-9-26(15)16;;1-3-5-4-2;33*1-2;/h5-9,12-14H,10-11H2,1-4H3,(H,27,32)(H,29,33);2-6,9-11H,7-8,21H2,1H3,(H,23,27);1H4;2H;;;;;;;;;;;;;;;;;;;;;;;;;;;;;;;;;;1H. The van der Waals surface area contributed by atoms with Gasteiger partial charge >= 0.3 is 6.09 Å². The molecule has 0 spiro atoms. The molecule has 826 valence electrons. The number of rotatable bonds is 10. The van der Waals surface area contributed by atoms with E-state index < -0.39 is 22.8 Å². The fourth-order valence-electron chi connectivity index (χ4n) is 6.83. The summed E-state index contributed by atoms with van der Waals surface area (Å²) in [5.41, 5.74) is 17.0. The lowest BCUT2D eigenvalue weighted by molar-refractivity contribution is 0.0482. The number of imidazole rings is 2. The molecule has 0 bridgehead atoms. The van der Waals surface area contributed by atoms with E-state index in [1.165, 1.54) is 0 Å². The van der Waals surface area contributed by atoms with Gasteiger partial charge in [0.2, 0.25) is 17.5 Å². The van der Waals surface area contributed by atoms with Gasteiger partial charge in [0.25, 0.3) is 17.7 Å². The number of carbonyl (C=O) groups excluding carboxylic acids is 3. The Hall–Kier alpha value is -12.9. The van der Waals surface area contributed by atoms with E-state index in [1.807, 2.05) is 86.8 Å². The van der Waals surface area contributed by atoms with Crippen LogP contribution in [-0.4, -0.2) is 62.6 Å². The molecule has 6 N–H and O–H groups in total. The topological polar surface area (TPSA) is 296 Å². The number of nitrogens with one attached hydrogen (secondary N) is 4. The number of aromatic nitrogens is 8. The van der Waals surface area contributed by atoms with Gasteiger partial charge in [-0.05, 0) is 118 Å². The summed E-state index contributed by atoms with van der Waals surface area (Å²) >= 11 is 4.55. The zero-order valence-corrected chi connectivity index (χ0v) is 63.5. The maximum atomic E-state index is 13.0. The molecule has 8 aromatic rings. The summed E-state index contributed by atoms with van der Waals surface area (Å²) in [4.78, 5) is 55.5. The van der Waals surface area contributed by atoms with Gasteiger partial charge in [0.05, 0.1) is 29.7 Å². The van der Waals surface area contributed by atoms with E-state index in [-0.39, 0.29) is 23.9 Å². The third kappa shape index (κ3) is 105. The summed E-state index contributed by atoms with van der Waals surface area (Å²) in [6.45, 7) is 9.24. The van der Waals surface area contributed by atoms with E-state index in [0.717, 1.165) is 29.5 Å². The number of amides is 3. The molecule has 6 heterocycles. The molecule has 90 heteroatoms. The van der Waals surface area contributed by atoms with Gasteiger partial charge in [0.15, 0.2) is 0 Å². The van der Waals surface area contributed by atoms with Crippen molar-refractivity contribution in [3.63, 3.8) is 0 Å². The molecular formula is C46H50ClF67N16O6. The van der Waals surface area contributed by atoms with Crippen LogP contribution in [0.2, 0.25) is 0 Å². The van der Waals surface area contributed by atoms with Gasteiger partial charge in [-0.15, -0.1) is 0 Å². The van der Waals surface area contributed by atoms with E-state index in [1.54, 1.807) is 54.2 Å². The molecule has 6 aromatic heterocycles. The van der Waals surface area contributed by atoms with E-state index in [2.05, 4.69) is 73.1 Å². The molecule has 0 aliphatic heterocycles. The Labute approximate surface area is 707 Å². The minimum absolute atomic E-state index is 0. The number of aryl methyl sites for hydroxylation is 2. The molecule has 0 unspecified atom stereocenters. The molecule has 2 aliphatic rings. The summed E-state index contributed by atoms with van der Waals surface area (Å²) in [6.07, 6.45) is 9.25. The quantitative estimate of drug-likeness (QED) is 0.0484. The van der Waals surface area contributed by atoms with Crippen LogP contribution in [0.1, 0.15) is 97.8 Å². The van der Waals surface area contributed by atoms with Crippen LogP contribution >= 0.6 is 11.8 Å². The lowest BCUT2D eigenvalue weighted by Crippen LogP contribution is -2.39. The van der Waals surface area contributed by atoms with Crippen LogP contribution in [0.4, 0.5) is 323 Å². The molecule has 3 amide bonds. The van der Waals surface area contributed by atoms with Crippen molar-refractivity contribution in [1.29, 1.82) is 5.53 Å². The predicted octanol–water partition coefficient (Wildman–Crippen LogP) is 37.4. The summed E-state index contributed by atoms with van der Waals surface area (Å²) in [5, 5.41) is 22.0. The maximum Gasteiger partial charge on any atom is 0.408 e. The molecule has 2 fully saturated rings. The van der Waals surface area contributed by atoms with Crippen molar-refractivity contribution in [2.45, 2.75) is 84.4 Å². The second-order valence-corrected chi connectivity index (χ2v) is 17.2. The molecule has 2 aromatic carbocycles. The Morgan fingerprint density at radius 1 is 0.412 bits per heavy atom. The number of fused-ring (bicyclic) bond motifs is 2. The fraction of sp³-hybridized carbons (Fsp3) is 0.283. The average Bonchev–Trinajstić information content (AvgIpc) is 1.61. The number of pyridine rings is 2. The number of anilines is 2. The highest BCUT2D eigenvalue weighted by Crippen LogP contribution is 2.46. The number of alkyl carbamates (subject to hydrolysis) is 1. The smallest absolute Gasteiger partial charge is 0.408 e. The average molecular weight is 2230 g/mol. The lowest BCUT2D eigenvalue weighted by Gasteiger charge is -2.21. The van der Waals surface area contributed by atoms with Gasteiger partial charge in [-0.1, -0.05) is 58.8 Å². The Kier molecular flexibility index (Phi) is 283. The van der Waals surface area contributed by atoms with Crippen molar-refractivity contribution in [2.75, 3.05) is 10.6 Å². The summed E-state index contributed by atoms with van der Waals surface area (Å²) in [5.74, 6) is 1.08. The van der Waals surface area contributed by atoms with Crippen molar-refractivity contribution in [2.24, 2.45) is 20.8 Å². The number of nitrogens with zero attached hydrogens (tertiary/aromatic N) is 11. The van der Waals surface area contributed by atoms with Crippen molar-refractivity contribution in [3.05, 3.63) is 132 Å². The van der Waals surface area contributed by atoms with Crippen LogP contribution < -0.4 is 21.7 Å². The van der Waals surface area contributed by atoms with Crippen molar-refractivity contribution < 1.29 is 335 Å². The van der Waals surface area contributed by atoms with Crippen molar-refractivity contribution in [3.8, 4) is 22.8 Å². The van der Waals surface area contributed by atoms with Gasteiger partial charge < -0.3 is 35.5 Å². The number of ether oxygens (including phenoxy) is 1. The number of hydrogen-bond donors (Lipinski definition) is 5. The third-order valence-corrected chi connectivity index (χ3v) is 10.9. The molecular weight excluding hydrogens is 2180 g/mol. The largest absolute Gasteiger partial charge is 0.444 e. The minimum atomic E-state index is -0.710. The minimum Gasteiger partial charge on any atom is -0.444 e. The van der Waals surface area contributed by atoms with Crippen molar-refractivity contribution in [1.82, 2.24) is 44.4 Å². The van der Waals surface area contributed by atoms with Crippen LogP contribution in [0.15, 0.2) is 122 Å². The van der Waals surface area contributed by atoms with E-state index >= 15 is 0 Å². The Morgan fingerprint density at radius 2 is 0.662 bits per heavy atom. The number of halogens is 68. The lowest BCUT2D eigenvalue weighted by atomic mass is 10.1. The first-order chi connectivity index (χ1) is 65.6. The van der Waals surface area contributed by atoms with Crippen LogP contribution in [0.5, 0.6) is 0 Å². The number of hydrogen-bond acceptors (Lipinski definition) is 15. The highest BCUT2D eigenvalue weighted by Gasteiger charge is 2.52. The second kappa shape index (κ2) is 190. The number of nitrogens with two attached hydrogens (primary N) is 1. The Balaban J connectivity index is -0.0000000398. The summed E-state index contributed by atoms with van der Waals surface area (Å²) in [7, 11) is 0. The number of carbonyl (C=O) groups is 3. The molecule has 0 atom stereocenters. The highest BCUT2D eigenvalue weighted by molar-refractivity contribution is 6.13. The zero-order valence-electron chi connectivity index (χ0n) is 62.7. The predicted molar refractivity (Wildman–Crippen MR) is 329 cm³/mol. The van der Waals surface area contributed by atoms with Crippen LogP contribution in [-0.2, 0) is 15.8 Å². The first-order valence-electron chi connectivity index (χ1n) is 25.9. The summed E-state index contributed by atoms with van der Waals surface area (Å²) in [6, 6.07) is 22.3. The van der Waals surface area contributed by atoms with Gasteiger partial charge in [-0.3, -0.25) is 23.1 Å². The molecule has 2 aliphatic carbocycles. The van der Waals surface area contributed by atoms with E-state index in [4.69, 9.17) is 327 Å². The normalized spacial score (nSPS) is 8.60.